The second kappa shape index (κ2) is 4.66. The largest absolute Gasteiger partial charge is 0.435 e. The van der Waals surface area contributed by atoms with Crippen molar-refractivity contribution in [3.63, 3.8) is 0 Å². The molecule has 0 amide bonds. The molecule has 1 atom stereocenters. The van der Waals surface area contributed by atoms with Gasteiger partial charge in [-0.15, -0.1) is 11.8 Å². The molecular weight excluding hydrogens is 277 g/mol. The van der Waals surface area contributed by atoms with E-state index in [4.69, 9.17) is 5.26 Å². The first-order valence-corrected chi connectivity index (χ1v) is 6.40. The Hall–Kier alpha value is -1.88. The van der Waals surface area contributed by atoms with E-state index in [2.05, 4.69) is 16.5 Å². The Balaban J connectivity index is 2.29. The van der Waals surface area contributed by atoms with Gasteiger partial charge >= 0.3 is 6.18 Å². The van der Waals surface area contributed by atoms with E-state index in [1.807, 2.05) is 0 Å². The second-order valence-electron chi connectivity index (χ2n) is 3.73. The summed E-state index contributed by atoms with van der Waals surface area (Å²) in [5.41, 5.74) is -0.975. The Bertz CT molecular complexity index is 581. The summed E-state index contributed by atoms with van der Waals surface area (Å²) in [6.45, 7) is 0. The van der Waals surface area contributed by atoms with Crippen molar-refractivity contribution in [1.82, 2.24) is 15.1 Å². The van der Waals surface area contributed by atoms with Crippen LogP contribution in [-0.4, -0.2) is 20.9 Å². The van der Waals surface area contributed by atoms with Crippen LogP contribution >= 0.6 is 11.8 Å². The molecule has 1 unspecified atom stereocenters. The number of allylic oxidation sites excluding steroid dienone is 2. The van der Waals surface area contributed by atoms with Crippen molar-refractivity contribution in [2.75, 3.05) is 6.26 Å². The molecule has 8 heteroatoms. The lowest BCUT2D eigenvalue weighted by molar-refractivity contribution is -0.141. The molecule has 1 aromatic heterocycles. The Morgan fingerprint density at radius 2 is 2.26 bits per heavy atom. The van der Waals surface area contributed by atoms with Crippen LogP contribution in [-0.2, 0) is 6.18 Å². The predicted molar refractivity (Wildman–Crippen MR) is 65.6 cm³/mol. The zero-order valence-corrected chi connectivity index (χ0v) is 10.6. The highest BCUT2D eigenvalue weighted by Crippen LogP contribution is 2.29. The molecule has 0 bridgehead atoms. The van der Waals surface area contributed by atoms with Crippen LogP contribution in [0.4, 0.5) is 13.2 Å². The van der Waals surface area contributed by atoms with Crippen molar-refractivity contribution < 1.29 is 13.2 Å². The Kier molecular flexibility index (Phi) is 3.32. The second-order valence-corrected chi connectivity index (χ2v) is 4.78. The Morgan fingerprint density at radius 3 is 2.79 bits per heavy atom. The van der Waals surface area contributed by atoms with Crippen molar-refractivity contribution in [1.29, 1.82) is 5.26 Å². The maximum absolute atomic E-state index is 12.5. The fourth-order valence-corrected chi connectivity index (χ4v) is 2.03. The van der Waals surface area contributed by atoms with Gasteiger partial charge in [-0.25, -0.2) is 4.68 Å². The van der Waals surface area contributed by atoms with Gasteiger partial charge in [0.15, 0.2) is 10.6 Å². The van der Waals surface area contributed by atoms with Gasteiger partial charge in [0.2, 0.25) is 0 Å². The van der Waals surface area contributed by atoms with E-state index in [1.54, 1.807) is 24.5 Å². The van der Waals surface area contributed by atoms with Gasteiger partial charge in [0.25, 0.3) is 0 Å². The average Bonchev–Trinajstić information content (AvgIpc) is 2.88. The summed E-state index contributed by atoms with van der Waals surface area (Å²) in [6.07, 6.45) is 3.24. The lowest BCUT2D eigenvalue weighted by atomic mass is 10.2. The molecule has 0 aromatic carbocycles. The molecular formula is C11H9F3N4S. The van der Waals surface area contributed by atoms with Gasteiger partial charge in [-0.2, -0.15) is 23.5 Å². The first-order valence-electron chi connectivity index (χ1n) is 5.17. The van der Waals surface area contributed by atoms with Crippen molar-refractivity contribution in [2.45, 2.75) is 11.0 Å². The van der Waals surface area contributed by atoms with Gasteiger partial charge in [-0.1, -0.05) is 6.08 Å². The number of hydrogen-bond donors (Lipinski definition) is 1. The Labute approximate surface area is 111 Å². The first-order chi connectivity index (χ1) is 8.90. The first kappa shape index (κ1) is 13.5. The van der Waals surface area contributed by atoms with Gasteiger partial charge in [0.1, 0.15) is 11.9 Å². The predicted octanol–water partition coefficient (Wildman–Crippen LogP) is 2.44. The van der Waals surface area contributed by atoms with Crippen LogP contribution in [0.25, 0.3) is 5.82 Å². The molecule has 19 heavy (non-hydrogen) atoms. The number of nitrogens with one attached hydrogen (secondary N) is 1. The van der Waals surface area contributed by atoms with Gasteiger partial charge in [-0.3, -0.25) is 0 Å². The molecule has 0 saturated heterocycles. The van der Waals surface area contributed by atoms with Crippen LogP contribution < -0.4 is 5.32 Å². The number of aromatic nitrogens is 2. The summed E-state index contributed by atoms with van der Waals surface area (Å²) >= 11 is 1.24. The SMILES string of the molecule is CSC1(C#N)C=CC=C(n2ccc(C(F)(F)F)n2)N1. The summed E-state index contributed by atoms with van der Waals surface area (Å²) in [7, 11) is 0. The van der Waals surface area contributed by atoms with Crippen LogP contribution in [0.15, 0.2) is 30.5 Å². The monoisotopic (exact) mass is 286 g/mol. The summed E-state index contributed by atoms with van der Waals surface area (Å²) in [5, 5.41) is 15.4. The van der Waals surface area contributed by atoms with E-state index in [1.165, 1.54) is 18.0 Å². The van der Waals surface area contributed by atoms with Crippen LogP contribution in [0.5, 0.6) is 0 Å². The number of rotatable bonds is 2. The molecule has 0 radical (unpaired) electrons. The highest BCUT2D eigenvalue weighted by Gasteiger charge is 2.34. The van der Waals surface area contributed by atoms with E-state index >= 15 is 0 Å². The molecule has 0 aliphatic carbocycles. The molecule has 1 aliphatic rings. The summed E-state index contributed by atoms with van der Waals surface area (Å²) in [4.78, 5) is -0.992. The number of nitrogens with zero attached hydrogens (tertiary/aromatic N) is 3. The van der Waals surface area contributed by atoms with Crippen molar-refractivity contribution in [3.8, 4) is 6.07 Å². The van der Waals surface area contributed by atoms with Crippen molar-refractivity contribution >= 4 is 17.6 Å². The van der Waals surface area contributed by atoms with E-state index in [0.29, 0.717) is 5.82 Å². The van der Waals surface area contributed by atoms with Crippen LogP contribution in [0, 0.1) is 11.3 Å². The van der Waals surface area contributed by atoms with E-state index < -0.39 is 16.7 Å². The van der Waals surface area contributed by atoms with Gasteiger partial charge < -0.3 is 5.32 Å². The van der Waals surface area contributed by atoms with E-state index in [0.717, 1.165) is 10.7 Å². The minimum absolute atomic E-state index is 0.314. The minimum Gasteiger partial charge on any atom is -0.341 e. The van der Waals surface area contributed by atoms with Crippen LogP contribution in [0.3, 0.4) is 0 Å². The molecule has 1 aromatic rings. The lowest BCUT2D eigenvalue weighted by Gasteiger charge is -2.27. The van der Waals surface area contributed by atoms with Crippen molar-refractivity contribution in [2.24, 2.45) is 0 Å². The third-order valence-electron chi connectivity index (χ3n) is 2.51. The zero-order chi connectivity index (χ0) is 14.1. The summed E-state index contributed by atoms with van der Waals surface area (Å²) in [6, 6.07) is 2.95. The smallest absolute Gasteiger partial charge is 0.341 e. The van der Waals surface area contributed by atoms with Crippen LogP contribution in [0.1, 0.15) is 5.69 Å². The van der Waals surface area contributed by atoms with E-state index in [9.17, 15) is 13.2 Å². The molecule has 1 N–H and O–H groups in total. The third-order valence-corrected chi connectivity index (χ3v) is 3.49. The molecule has 0 saturated carbocycles. The Morgan fingerprint density at radius 1 is 1.53 bits per heavy atom. The van der Waals surface area contributed by atoms with Gasteiger partial charge in [-0.05, 0) is 24.5 Å². The summed E-state index contributed by atoms with van der Waals surface area (Å²) in [5.74, 6) is 0.314. The number of thioether (sulfide) groups is 1. The fourth-order valence-electron chi connectivity index (χ4n) is 1.52. The normalized spacial score (nSPS) is 22.6. The highest BCUT2D eigenvalue weighted by atomic mass is 32.2. The minimum atomic E-state index is -4.48. The molecule has 2 rings (SSSR count). The number of hydrogen-bond acceptors (Lipinski definition) is 4. The van der Waals surface area contributed by atoms with Crippen molar-refractivity contribution in [3.05, 3.63) is 36.2 Å². The van der Waals surface area contributed by atoms with E-state index in [-0.39, 0.29) is 0 Å². The number of nitriles is 1. The maximum atomic E-state index is 12.5. The molecule has 0 spiro atoms. The highest BCUT2D eigenvalue weighted by molar-refractivity contribution is 8.00. The molecule has 2 heterocycles. The maximum Gasteiger partial charge on any atom is 0.435 e. The average molecular weight is 286 g/mol. The molecule has 0 fully saturated rings. The lowest BCUT2D eigenvalue weighted by Crippen LogP contribution is -2.40. The molecule has 1 aliphatic heterocycles. The van der Waals surface area contributed by atoms with Crippen LogP contribution in [0.2, 0.25) is 0 Å². The van der Waals surface area contributed by atoms with Gasteiger partial charge in [0.05, 0.1) is 0 Å². The number of alkyl halides is 3. The molecule has 100 valence electrons. The molecule has 4 nitrogen and oxygen atoms in total. The number of dihydropyridines is 1. The third kappa shape index (κ3) is 2.61. The topological polar surface area (TPSA) is 53.6 Å². The van der Waals surface area contributed by atoms with Gasteiger partial charge in [0, 0.05) is 6.20 Å². The quantitative estimate of drug-likeness (QED) is 0.907. The fraction of sp³-hybridized carbons (Fsp3) is 0.273. The number of halogens is 3. The standard InChI is InChI=1S/C11H9F3N4S/c1-19-10(7-15)5-2-3-9(16-10)18-6-4-8(17-18)11(12,13)14/h2-6,16H,1H3. The summed E-state index contributed by atoms with van der Waals surface area (Å²) < 4.78 is 38.5. The zero-order valence-electron chi connectivity index (χ0n) is 9.77.